The highest BCUT2D eigenvalue weighted by molar-refractivity contribution is 6.20. The summed E-state index contributed by atoms with van der Waals surface area (Å²) in [5, 5.41) is 0. The fraction of sp³-hybridized carbons (Fsp3) is 1.00. The van der Waals surface area contributed by atoms with Gasteiger partial charge in [-0.1, -0.05) is 24.4 Å². The van der Waals surface area contributed by atoms with Gasteiger partial charge in [0.1, 0.15) is 5.62 Å². The van der Waals surface area contributed by atoms with Crippen molar-refractivity contribution >= 4 is 11.6 Å². The van der Waals surface area contributed by atoms with Gasteiger partial charge in [0.2, 0.25) is 0 Å². The highest BCUT2D eigenvalue weighted by Gasteiger charge is 2.38. The van der Waals surface area contributed by atoms with E-state index in [0.717, 1.165) is 0 Å². The summed E-state index contributed by atoms with van der Waals surface area (Å²) in [4.78, 5) is 5.09. The Hall–Kier alpha value is 0.210. The maximum absolute atomic E-state index is 6.87. The number of hydrogen-bond acceptors (Lipinski definition) is 2. The van der Waals surface area contributed by atoms with E-state index in [0.29, 0.717) is 24.2 Å². The van der Waals surface area contributed by atoms with Crippen molar-refractivity contribution in [3.8, 4) is 0 Å². The number of nitrogens with zero attached hydrogens (tertiary/aromatic N) is 2. The first-order chi connectivity index (χ1) is 8.52. The number of likely N-dealkylation sites (tertiary alicyclic amines) is 2. The second kappa shape index (κ2) is 6.11. The van der Waals surface area contributed by atoms with Crippen molar-refractivity contribution in [2.75, 3.05) is 0 Å². The SMILES string of the molecule is CC1CCCC(C)N1C(Cl)N1C(C)CCCC1C. The second-order valence-corrected chi connectivity index (χ2v) is 6.85. The molecule has 0 aromatic carbocycles. The van der Waals surface area contributed by atoms with E-state index in [4.69, 9.17) is 11.6 Å². The van der Waals surface area contributed by atoms with Crippen molar-refractivity contribution in [1.82, 2.24) is 9.80 Å². The van der Waals surface area contributed by atoms with Gasteiger partial charge in [-0.3, -0.25) is 9.80 Å². The molecular weight excluding hydrogens is 244 g/mol. The van der Waals surface area contributed by atoms with Crippen molar-refractivity contribution in [3.05, 3.63) is 0 Å². The van der Waals surface area contributed by atoms with E-state index >= 15 is 0 Å². The first-order valence-corrected chi connectivity index (χ1v) is 8.15. The lowest BCUT2D eigenvalue weighted by Crippen LogP contribution is -2.59. The van der Waals surface area contributed by atoms with Crippen molar-refractivity contribution in [3.63, 3.8) is 0 Å². The van der Waals surface area contributed by atoms with Crippen LogP contribution in [0.3, 0.4) is 0 Å². The molecule has 2 aliphatic heterocycles. The van der Waals surface area contributed by atoms with Crippen LogP contribution in [0.1, 0.15) is 66.2 Å². The average Bonchev–Trinajstić information content (AvgIpc) is 2.28. The van der Waals surface area contributed by atoms with Gasteiger partial charge in [0.25, 0.3) is 0 Å². The predicted molar refractivity (Wildman–Crippen MR) is 78.9 cm³/mol. The zero-order chi connectivity index (χ0) is 13.3. The van der Waals surface area contributed by atoms with Crippen molar-refractivity contribution in [1.29, 1.82) is 0 Å². The summed E-state index contributed by atoms with van der Waals surface area (Å²) in [7, 11) is 0. The minimum absolute atomic E-state index is 0.0839. The minimum Gasteiger partial charge on any atom is -0.270 e. The van der Waals surface area contributed by atoms with Gasteiger partial charge in [0, 0.05) is 24.2 Å². The first-order valence-electron chi connectivity index (χ1n) is 7.71. The summed E-state index contributed by atoms with van der Waals surface area (Å²) in [6, 6.07) is 2.49. The van der Waals surface area contributed by atoms with Crippen LogP contribution in [0.2, 0.25) is 0 Å². The molecule has 2 aliphatic rings. The van der Waals surface area contributed by atoms with Crippen molar-refractivity contribution < 1.29 is 0 Å². The minimum atomic E-state index is 0.0839. The Balaban J connectivity index is 2.10. The smallest absolute Gasteiger partial charge is 0.141 e. The molecule has 4 atom stereocenters. The average molecular weight is 273 g/mol. The Morgan fingerprint density at radius 2 is 1.00 bits per heavy atom. The monoisotopic (exact) mass is 272 g/mol. The number of rotatable bonds is 2. The lowest BCUT2D eigenvalue weighted by atomic mass is 9.95. The summed E-state index contributed by atoms with van der Waals surface area (Å²) >= 11 is 6.87. The van der Waals surface area contributed by atoms with Crippen LogP contribution in [-0.4, -0.2) is 39.6 Å². The van der Waals surface area contributed by atoms with Gasteiger partial charge in [-0.15, -0.1) is 0 Å². The molecule has 0 bridgehead atoms. The Kier molecular flexibility index (Phi) is 4.96. The molecule has 2 saturated heterocycles. The van der Waals surface area contributed by atoms with Crippen LogP contribution in [0.25, 0.3) is 0 Å². The summed E-state index contributed by atoms with van der Waals surface area (Å²) in [5.41, 5.74) is 0.0839. The number of piperidine rings is 2. The lowest BCUT2D eigenvalue weighted by Gasteiger charge is -2.50. The maximum atomic E-state index is 6.87. The summed E-state index contributed by atoms with van der Waals surface area (Å²) in [5.74, 6) is 0. The van der Waals surface area contributed by atoms with Crippen LogP contribution in [0.5, 0.6) is 0 Å². The largest absolute Gasteiger partial charge is 0.270 e. The molecule has 0 aromatic rings. The van der Waals surface area contributed by atoms with E-state index in [9.17, 15) is 0 Å². The fourth-order valence-electron chi connectivity index (χ4n) is 3.88. The Bertz CT molecular complexity index is 225. The summed E-state index contributed by atoms with van der Waals surface area (Å²) in [6.45, 7) is 9.35. The molecule has 2 fully saturated rings. The van der Waals surface area contributed by atoms with E-state index < -0.39 is 0 Å². The highest BCUT2D eigenvalue weighted by atomic mass is 35.5. The molecule has 4 unspecified atom stereocenters. The second-order valence-electron chi connectivity index (χ2n) is 6.46. The number of halogens is 1. The molecule has 106 valence electrons. The van der Waals surface area contributed by atoms with Gasteiger partial charge < -0.3 is 0 Å². The predicted octanol–water partition coefficient (Wildman–Crippen LogP) is 4.03. The normalized spacial score (nSPS) is 41.8. The van der Waals surface area contributed by atoms with Gasteiger partial charge in [-0.25, -0.2) is 0 Å². The summed E-state index contributed by atoms with van der Waals surface area (Å²) in [6.07, 6.45) is 7.89. The van der Waals surface area contributed by atoms with Crippen LogP contribution in [-0.2, 0) is 0 Å². The van der Waals surface area contributed by atoms with E-state index in [2.05, 4.69) is 37.5 Å². The maximum Gasteiger partial charge on any atom is 0.141 e. The van der Waals surface area contributed by atoms with Crippen molar-refractivity contribution in [2.45, 2.75) is 96.0 Å². The molecule has 0 amide bonds. The van der Waals surface area contributed by atoms with Gasteiger partial charge in [-0.05, 0) is 53.4 Å². The summed E-state index contributed by atoms with van der Waals surface area (Å²) < 4.78 is 0. The molecule has 0 saturated carbocycles. The van der Waals surface area contributed by atoms with Crippen LogP contribution < -0.4 is 0 Å². The van der Waals surface area contributed by atoms with Crippen LogP contribution in [0.4, 0.5) is 0 Å². The lowest BCUT2D eigenvalue weighted by molar-refractivity contribution is -0.0366. The van der Waals surface area contributed by atoms with Gasteiger partial charge >= 0.3 is 0 Å². The molecule has 0 N–H and O–H groups in total. The molecule has 0 radical (unpaired) electrons. The Labute approximate surface area is 118 Å². The molecule has 0 aliphatic carbocycles. The molecule has 2 rings (SSSR count). The highest BCUT2D eigenvalue weighted by Crippen LogP contribution is 2.33. The van der Waals surface area contributed by atoms with Crippen LogP contribution >= 0.6 is 11.6 Å². The number of hydrogen-bond donors (Lipinski definition) is 0. The molecule has 18 heavy (non-hydrogen) atoms. The van der Waals surface area contributed by atoms with Crippen molar-refractivity contribution in [2.24, 2.45) is 0 Å². The fourth-order valence-corrected chi connectivity index (χ4v) is 4.65. The van der Waals surface area contributed by atoms with Gasteiger partial charge in [0.05, 0.1) is 0 Å². The third-order valence-corrected chi connectivity index (χ3v) is 5.47. The van der Waals surface area contributed by atoms with Gasteiger partial charge in [-0.2, -0.15) is 0 Å². The zero-order valence-corrected chi connectivity index (χ0v) is 13.2. The molecule has 3 heteroatoms. The van der Waals surface area contributed by atoms with E-state index in [-0.39, 0.29) is 5.62 Å². The Morgan fingerprint density at radius 1 is 0.722 bits per heavy atom. The first kappa shape index (κ1) is 14.6. The van der Waals surface area contributed by atoms with Gasteiger partial charge in [0.15, 0.2) is 0 Å². The molecule has 0 spiro atoms. The van der Waals surface area contributed by atoms with Crippen LogP contribution in [0.15, 0.2) is 0 Å². The molecule has 0 aromatic heterocycles. The van der Waals surface area contributed by atoms with Crippen LogP contribution in [0, 0.1) is 0 Å². The van der Waals surface area contributed by atoms with E-state index in [1.807, 2.05) is 0 Å². The topological polar surface area (TPSA) is 6.48 Å². The third-order valence-electron chi connectivity index (χ3n) is 5.02. The molecular formula is C15H29ClN2. The van der Waals surface area contributed by atoms with E-state index in [1.54, 1.807) is 0 Å². The Morgan fingerprint density at radius 3 is 1.28 bits per heavy atom. The van der Waals surface area contributed by atoms with E-state index in [1.165, 1.54) is 38.5 Å². The standard InChI is InChI=1S/C15H29ClN2/c1-11-7-5-8-12(2)17(11)15(16)18-13(3)9-6-10-14(18)4/h11-15H,5-10H2,1-4H3. The zero-order valence-electron chi connectivity index (χ0n) is 12.4. The third kappa shape index (κ3) is 2.86. The molecule has 2 heterocycles. The molecule has 2 nitrogen and oxygen atoms in total. The quantitative estimate of drug-likeness (QED) is 0.553. The number of alkyl halides is 1.